The lowest BCUT2D eigenvalue weighted by Crippen LogP contribution is -2.37. The van der Waals surface area contributed by atoms with Gasteiger partial charge in [0.25, 0.3) is 0 Å². The molecule has 0 amide bonds. The highest BCUT2D eigenvalue weighted by Crippen LogP contribution is 2.12. The first-order chi connectivity index (χ1) is 5.68. The second-order valence-corrected chi connectivity index (χ2v) is 3.83. The average molecular weight is 172 g/mol. The van der Waals surface area contributed by atoms with E-state index in [4.69, 9.17) is 10.5 Å². The van der Waals surface area contributed by atoms with Crippen LogP contribution in [0.4, 0.5) is 0 Å². The molecule has 1 saturated heterocycles. The van der Waals surface area contributed by atoms with Gasteiger partial charge in [0.15, 0.2) is 0 Å². The normalized spacial score (nSPS) is 26.5. The Bertz CT molecular complexity index is 122. The first kappa shape index (κ1) is 9.96. The van der Waals surface area contributed by atoms with E-state index in [0.29, 0.717) is 6.10 Å². The van der Waals surface area contributed by atoms with Crippen LogP contribution >= 0.6 is 0 Å². The molecule has 0 radical (unpaired) electrons. The molecule has 12 heavy (non-hydrogen) atoms. The minimum absolute atomic E-state index is 0.261. The number of hydrogen-bond donors (Lipinski definition) is 1. The Balaban J connectivity index is 2.11. The van der Waals surface area contributed by atoms with Crippen LogP contribution < -0.4 is 5.73 Å². The van der Waals surface area contributed by atoms with E-state index in [9.17, 15) is 0 Å². The van der Waals surface area contributed by atoms with Crippen molar-refractivity contribution in [3.05, 3.63) is 0 Å². The fraction of sp³-hybridized carbons (Fsp3) is 1.00. The molecule has 0 aromatic carbocycles. The van der Waals surface area contributed by atoms with Gasteiger partial charge in [-0.3, -0.25) is 0 Å². The highest BCUT2D eigenvalue weighted by molar-refractivity contribution is 4.70. The van der Waals surface area contributed by atoms with Crippen LogP contribution in [0.25, 0.3) is 0 Å². The first-order valence-electron chi connectivity index (χ1n) is 4.74. The van der Waals surface area contributed by atoms with Crippen molar-refractivity contribution in [2.24, 2.45) is 5.73 Å². The summed E-state index contributed by atoms with van der Waals surface area (Å²) in [7, 11) is 2.10. The van der Waals surface area contributed by atoms with E-state index in [1.807, 2.05) is 6.92 Å². The monoisotopic (exact) mass is 172 g/mol. The number of hydrogen-bond acceptors (Lipinski definition) is 3. The number of likely N-dealkylation sites (N-methyl/N-ethyl adjacent to an activating group) is 1. The molecular weight excluding hydrogens is 152 g/mol. The van der Waals surface area contributed by atoms with E-state index in [1.165, 1.54) is 12.8 Å². The molecule has 0 bridgehead atoms. The molecule has 1 rings (SSSR count). The predicted octanol–water partition coefficient (Wildman–Crippen LogP) is 0.444. The van der Waals surface area contributed by atoms with Crippen LogP contribution in [0.3, 0.4) is 0 Å². The number of nitrogens with zero attached hydrogens (tertiary/aromatic N) is 1. The van der Waals surface area contributed by atoms with Crippen LogP contribution in [0.5, 0.6) is 0 Å². The maximum atomic E-state index is 5.69. The SMILES string of the molecule is C[C@@H](N)CN(C)CC1CCCO1. The van der Waals surface area contributed by atoms with Crippen molar-refractivity contribution >= 4 is 0 Å². The largest absolute Gasteiger partial charge is 0.377 e. The van der Waals surface area contributed by atoms with Crippen molar-refractivity contribution in [1.82, 2.24) is 4.90 Å². The second-order valence-electron chi connectivity index (χ2n) is 3.83. The van der Waals surface area contributed by atoms with Gasteiger partial charge in [-0.15, -0.1) is 0 Å². The van der Waals surface area contributed by atoms with E-state index in [-0.39, 0.29) is 6.04 Å². The Morgan fingerprint density at radius 3 is 2.92 bits per heavy atom. The van der Waals surface area contributed by atoms with Crippen LogP contribution in [0.1, 0.15) is 19.8 Å². The van der Waals surface area contributed by atoms with Crippen LogP contribution in [0.15, 0.2) is 0 Å². The molecule has 3 heteroatoms. The van der Waals surface area contributed by atoms with Gasteiger partial charge in [0.2, 0.25) is 0 Å². The Labute approximate surface area is 74.9 Å². The van der Waals surface area contributed by atoms with E-state index >= 15 is 0 Å². The minimum Gasteiger partial charge on any atom is -0.377 e. The molecule has 2 N–H and O–H groups in total. The molecule has 0 aromatic heterocycles. The highest BCUT2D eigenvalue weighted by Gasteiger charge is 2.17. The Morgan fingerprint density at radius 2 is 2.42 bits per heavy atom. The summed E-state index contributed by atoms with van der Waals surface area (Å²) < 4.78 is 5.52. The van der Waals surface area contributed by atoms with Crippen LogP contribution in [-0.4, -0.2) is 43.8 Å². The molecule has 3 nitrogen and oxygen atoms in total. The molecule has 72 valence electrons. The number of nitrogens with two attached hydrogens (primary N) is 1. The maximum absolute atomic E-state index is 5.69. The van der Waals surface area contributed by atoms with Crippen molar-refractivity contribution in [3.63, 3.8) is 0 Å². The van der Waals surface area contributed by atoms with Crippen LogP contribution in [-0.2, 0) is 4.74 Å². The van der Waals surface area contributed by atoms with Gasteiger partial charge >= 0.3 is 0 Å². The second kappa shape index (κ2) is 4.80. The third-order valence-electron chi connectivity index (χ3n) is 2.14. The standard InChI is InChI=1S/C9H20N2O/c1-8(10)6-11(2)7-9-4-3-5-12-9/h8-9H,3-7,10H2,1-2H3/t8-,9?/m1/s1. The Kier molecular flexibility index (Phi) is 3.98. The van der Waals surface area contributed by atoms with Crippen LogP contribution in [0.2, 0.25) is 0 Å². The molecule has 0 aliphatic carbocycles. The lowest BCUT2D eigenvalue weighted by molar-refractivity contribution is 0.0801. The van der Waals surface area contributed by atoms with E-state index in [1.54, 1.807) is 0 Å². The zero-order valence-corrected chi connectivity index (χ0v) is 8.12. The molecule has 1 fully saturated rings. The maximum Gasteiger partial charge on any atom is 0.0702 e. The van der Waals surface area contributed by atoms with Crippen LogP contribution in [0, 0.1) is 0 Å². The fourth-order valence-corrected chi connectivity index (χ4v) is 1.70. The molecule has 1 unspecified atom stereocenters. The van der Waals surface area contributed by atoms with Gasteiger partial charge in [0.05, 0.1) is 6.10 Å². The summed E-state index contributed by atoms with van der Waals surface area (Å²) in [6.45, 7) is 4.96. The molecule has 1 aliphatic heterocycles. The smallest absolute Gasteiger partial charge is 0.0702 e. The summed E-state index contributed by atoms with van der Waals surface area (Å²) >= 11 is 0. The lowest BCUT2D eigenvalue weighted by Gasteiger charge is -2.21. The van der Waals surface area contributed by atoms with Crippen molar-refractivity contribution in [2.45, 2.75) is 31.9 Å². The number of ether oxygens (including phenoxy) is 1. The Hall–Kier alpha value is -0.120. The molecule has 0 saturated carbocycles. The van der Waals surface area contributed by atoms with Gasteiger partial charge in [0, 0.05) is 25.7 Å². The predicted molar refractivity (Wildman–Crippen MR) is 50.1 cm³/mol. The van der Waals surface area contributed by atoms with Crippen molar-refractivity contribution in [3.8, 4) is 0 Å². The summed E-state index contributed by atoms with van der Waals surface area (Å²) in [6, 6.07) is 0.261. The minimum atomic E-state index is 0.261. The first-order valence-corrected chi connectivity index (χ1v) is 4.74. The van der Waals surface area contributed by atoms with E-state index in [2.05, 4.69) is 11.9 Å². The van der Waals surface area contributed by atoms with Gasteiger partial charge in [-0.05, 0) is 26.8 Å². The summed E-state index contributed by atoms with van der Waals surface area (Å²) in [5.74, 6) is 0. The van der Waals surface area contributed by atoms with E-state index in [0.717, 1.165) is 19.7 Å². The van der Waals surface area contributed by atoms with E-state index < -0.39 is 0 Å². The third kappa shape index (κ3) is 3.52. The third-order valence-corrected chi connectivity index (χ3v) is 2.14. The van der Waals surface area contributed by atoms with Gasteiger partial charge in [-0.25, -0.2) is 0 Å². The van der Waals surface area contributed by atoms with Gasteiger partial charge in [-0.1, -0.05) is 0 Å². The lowest BCUT2D eigenvalue weighted by atomic mass is 10.2. The van der Waals surface area contributed by atoms with Crippen molar-refractivity contribution < 1.29 is 4.74 Å². The quantitative estimate of drug-likeness (QED) is 0.669. The molecule has 1 heterocycles. The molecule has 2 atom stereocenters. The molecule has 1 aliphatic rings. The fourth-order valence-electron chi connectivity index (χ4n) is 1.70. The zero-order valence-electron chi connectivity index (χ0n) is 8.12. The molecular formula is C9H20N2O. The summed E-state index contributed by atoms with van der Waals surface area (Å²) in [5, 5.41) is 0. The molecule has 0 spiro atoms. The summed E-state index contributed by atoms with van der Waals surface area (Å²) in [4.78, 5) is 2.25. The van der Waals surface area contributed by atoms with Gasteiger partial charge in [0.1, 0.15) is 0 Å². The number of rotatable bonds is 4. The molecule has 0 aromatic rings. The summed E-state index contributed by atoms with van der Waals surface area (Å²) in [6.07, 6.45) is 2.88. The average Bonchev–Trinajstić information content (AvgIpc) is 2.37. The van der Waals surface area contributed by atoms with Crippen molar-refractivity contribution in [1.29, 1.82) is 0 Å². The van der Waals surface area contributed by atoms with Crippen molar-refractivity contribution in [2.75, 3.05) is 26.7 Å². The highest BCUT2D eigenvalue weighted by atomic mass is 16.5. The van der Waals surface area contributed by atoms with Gasteiger partial charge < -0.3 is 15.4 Å². The Morgan fingerprint density at radius 1 is 1.67 bits per heavy atom. The zero-order chi connectivity index (χ0) is 8.97. The van der Waals surface area contributed by atoms with Gasteiger partial charge in [-0.2, -0.15) is 0 Å². The topological polar surface area (TPSA) is 38.5 Å². The summed E-state index contributed by atoms with van der Waals surface area (Å²) in [5.41, 5.74) is 5.69.